The number of benzene rings is 1. The second-order valence-corrected chi connectivity index (χ2v) is 5.58. The van der Waals surface area contributed by atoms with E-state index in [0.717, 1.165) is 24.4 Å². The molecule has 0 spiro atoms. The van der Waals surface area contributed by atoms with Crippen LogP contribution >= 0.6 is 0 Å². The molecule has 11 heteroatoms. The van der Waals surface area contributed by atoms with Crippen molar-refractivity contribution in [2.45, 2.75) is 18.1 Å². The van der Waals surface area contributed by atoms with Crippen molar-refractivity contribution in [1.82, 2.24) is 4.98 Å². The Labute approximate surface area is 155 Å². The summed E-state index contributed by atoms with van der Waals surface area (Å²) in [5.41, 5.74) is 4.31. The SMILES string of the molecule is NC(=O)c1cccc(C(OCC(F)(F)F)(OCC(F)(F)F)c2ccccn2)c1. The predicted molar refractivity (Wildman–Crippen MR) is 84.0 cm³/mol. The number of aromatic nitrogens is 1. The van der Waals surface area contributed by atoms with Gasteiger partial charge in [-0.05, 0) is 24.3 Å². The highest BCUT2D eigenvalue weighted by molar-refractivity contribution is 5.92. The molecule has 0 aliphatic heterocycles. The highest BCUT2D eigenvalue weighted by Gasteiger charge is 2.45. The fourth-order valence-electron chi connectivity index (χ4n) is 2.31. The zero-order valence-corrected chi connectivity index (χ0v) is 14.1. The van der Waals surface area contributed by atoms with Crippen LogP contribution in [0.5, 0.6) is 0 Å². The van der Waals surface area contributed by atoms with Crippen LogP contribution in [0.15, 0.2) is 48.7 Å². The van der Waals surface area contributed by atoms with E-state index in [0.29, 0.717) is 0 Å². The normalized spacial score (nSPS) is 12.8. The molecule has 152 valence electrons. The number of nitrogens with zero attached hydrogens (tertiary/aromatic N) is 1. The summed E-state index contributed by atoms with van der Waals surface area (Å²) < 4.78 is 86.5. The number of pyridine rings is 1. The van der Waals surface area contributed by atoms with E-state index in [4.69, 9.17) is 15.2 Å². The second kappa shape index (κ2) is 8.15. The fourth-order valence-corrected chi connectivity index (χ4v) is 2.31. The van der Waals surface area contributed by atoms with Gasteiger partial charge in [0.2, 0.25) is 11.7 Å². The van der Waals surface area contributed by atoms with E-state index in [1.54, 1.807) is 0 Å². The number of rotatable bonds is 7. The molecule has 5 nitrogen and oxygen atoms in total. The van der Waals surface area contributed by atoms with Gasteiger partial charge in [-0.1, -0.05) is 18.2 Å². The lowest BCUT2D eigenvalue weighted by molar-refractivity contribution is -0.301. The predicted octanol–water partition coefficient (Wildman–Crippen LogP) is 3.54. The van der Waals surface area contributed by atoms with Crippen molar-refractivity contribution in [2.24, 2.45) is 5.73 Å². The van der Waals surface area contributed by atoms with Gasteiger partial charge >= 0.3 is 12.4 Å². The summed E-state index contributed by atoms with van der Waals surface area (Å²) in [5, 5.41) is 0. The van der Waals surface area contributed by atoms with Crippen LogP contribution < -0.4 is 5.73 Å². The summed E-state index contributed by atoms with van der Waals surface area (Å²) in [6.45, 7) is -3.86. The highest BCUT2D eigenvalue weighted by atomic mass is 19.4. The van der Waals surface area contributed by atoms with Gasteiger partial charge in [0, 0.05) is 17.3 Å². The summed E-state index contributed by atoms with van der Waals surface area (Å²) in [4.78, 5) is 15.2. The molecule has 0 fully saturated rings. The molecule has 2 rings (SSSR count). The quantitative estimate of drug-likeness (QED) is 0.562. The molecule has 0 bridgehead atoms. The van der Waals surface area contributed by atoms with Crippen molar-refractivity contribution < 1.29 is 40.6 Å². The summed E-state index contributed by atoms with van der Waals surface area (Å²) in [6, 6.07) is 8.48. The van der Waals surface area contributed by atoms with Gasteiger partial charge in [0.1, 0.15) is 18.9 Å². The second-order valence-electron chi connectivity index (χ2n) is 5.58. The van der Waals surface area contributed by atoms with Crippen LogP contribution in [0.4, 0.5) is 26.3 Å². The van der Waals surface area contributed by atoms with Crippen LogP contribution in [0, 0.1) is 0 Å². The Morgan fingerprint density at radius 2 is 1.54 bits per heavy atom. The van der Waals surface area contributed by atoms with Gasteiger partial charge in [-0.3, -0.25) is 9.78 Å². The van der Waals surface area contributed by atoms with Gasteiger partial charge in [0.25, 0.3) is 0 Å². The third-order valence-electron chi connectivity index (χ3n) is 3.41. The Hall–Kier alpha value is -2.66. The zero-order chi connectivity index (χ0) is 21.0. The van der Waals surface area contributed by atoms with Crippen LogP contribution in [0.1, 0.15) is 21.6 Å². The van der Waals surface area contributed by atoms with E-state index in [-0.39, 0.29) is 16.8 Å². The van der Waals surface area contributed by atoms with Gasteiger partial charge in [0.15, 0.2) is 0 Å². The molecule has 0 aliphatic rings. The topological polar surface area (TPSA) is 74.4 Å². The third-order valence-corrected chi connectivity index (χ3v) is 3.41. The summed E-state index contributed by atoms with van der Waals surface area (Å²) in [6.07, 6.45) is -8.60. The fraction of sp³-hybridized carbons (Fsp3) is 0.294. The number of ether oxygens (including phenoxy) is 2. The van der Waals surface area contributed by atoms with E-state index in [1.807, 2.05) is 0 Å². The third kappa shape index (κ3) is 5.67. The summed E-state index contributed by atoms with van der Waals surface area (Å²) in [7, 11) is 0. The lowest BCUT2D eigenvalue weighted by Crippen LogP contribution is -2.41. The average molecular weight is 408 g/mol. The molecule has 28 heavy (non-hydrogen) atoms. The maximum Gasteiger partial charge on any atom is 0.411 e. The Balaban J connectivity index is 2.64. The molecular weight excluding hydrogens is 394 g/mol. The molecule has 0 radical (unpaired) electrons. The lowest BCUT2D eigenvalue weighted by atomic mass is 9.98. The van der Waals surface area contributed by atoms with Gasteiger partial charge in [0.05, 0.1) is 0 Å². The molecule has 1 aromatic heterocycles. The Bertz CT molecular complexity index is 791. The minimum absolute atomic E-state index is 0.163. The molecular formula is C17H14F6N2O3. The number of halogens is 6. The van der Waals surface area contributed by atoms with Crippen LogP contribution in [0.2, 0.25) is 0 Å². The van der Waals surface area contributed by atoms with Crippen molar-refractivity contribution in [3.8, 4) is 0 Å². The van der Waals surface area contributed by atoms with E-state index < -0.39 is 37.3 Å². The minimum atomic E-state index is -4.87. The van der Waals surface area contributed by atoms with Crippen molar-refractivity contribution >= 4 is 5.91 Å². The molecule has 1 amide bonds. The molecule has 0 atom stereocenters. The van der Waals surface area contributed by atoms with Crippen molar-refractivity contribution in [1.29, 1.82) is 0 Å². The lowest BCUT2D eigenvalue weighted by Gasteiger charge is -2.34. The minimum Gasteiger partial charge on any atom is -0.366 e. The first-order valence-electron chi connectivity index (χ1n) is 7.66. The molecule has 1 aromatic carbocycles. The standard InChI is InChI=1S/C17H14F6N2O3/c18-15(19,20)9-27-17(28-10-16(21,22)23,13-6-1-2-7-25-13)12-5-3-4-11(8-12)14(24)26/h1-8H,9-10H2,(H2,24,26). The Morgan fingerprint density at radius 1 is 0.929 bits per heavy atom. The average Bonchev–Trinajstić information content (AvgIpc) is 2.61. The number of alkyl halides is 6. The molecule has 2 N–H and O–H groups in total. The molecule has 0 unspecified atom stereocenters. The van der Waals surface area contributed by atoms with Gasteiger partial charge in [-0.25, -0.2) is 0 Å². The van der Waals surface area contributed by atoms with E-state index in [1.165, 1.54) is 24.3 Å². The van der Waals surface area contributed by atoms with Crippen molar-refractivity contribution in [2.75, 3.05) is 13.2 Å². The summed E-state index contributed by atoms with van der Waals surface area (Å²) >= 11 is 0. The number of carbonyl (C=O) groups excluding carboxylic acids is 1. The van der Waals surface area contributed by atoms with Crippen LogP contribution in [-0.2, 0) is 15.3 Å². The first kappa shape index (κ1) is 21.6. The van der Waals surface area contributed by atoms with Crippen molar-refractivity contribution in [3.63, 3.8) is 0 Å². The molecule has 0 saturated carbocycles. The van der Waals surface area contributed by atoms with Crippen molar-refractivity contribution in [3.05, 3.63) is 65.5 Å². The van der Waals surface area contributed by atoms with E-state index >= 15 is 0 Å². The first-order chi connectivity index (χ1) is 12.9. The number of carbonyl (C=O) groups is 1. The maximum atomic E-state index is 12.8. The van der Waals surface area contributed by atoms with Gasteiger partial charge < -0.3 is 15.2 Å². The monoisotopic (exact) mass is 408 g/mol. The Kier molecular flexibility index (Phi) is 6.30. The number of hydrogen-bond acceptors (Lipinski definition) is 4. The zero-order valence-electron chi connectivity index (χ0n) is 14.1. The summed E-state index contributed by atoms with van der Waals surface area (Å²) in [5.74, 6) is -3.62. The molecule has 0 aliphatic carbocycles. The highest BCUT2D eigenvalue weighted by Crippen LogP contribution is 2.37. The van der Waals surface area contributed by atoms with Crippen LogP contribution in [0.25, 0.3) is 0 Å². The Morgan fingerprint density at radius 3 is 2.00 bits per heavy atom. The first-order valence-corrected chi connectivity index (χ1v) is 7.66. The molecule has 2 aromatic rings. The molecule has 0 saturated heterocycles. The number of nitrogens with two attached hydrogens (primary N) is 1. The number of hydrogen-bond donors (Lipinski definition) is 1. The number of amides is 1. The van der Waals surface area contributed by atoms with Gasteiger partial charge in [-0.2, -0.15) is 26.3 Å². The largest absolute Gasteiger partial charge is 0.411 e. The van der Waals surface area contributed by atoms with Gasteiger partial charge in [-0.15, -0.1) is 0 Å². The number of primary amides is 1. The van der Waals surface area contributed by atoms with Crippen LogP contribution in [0.3, 0.4) is 0 Å². The van der Waals surface area contributed by atoms with E-state index in [2.05, 4.69) is 4.98 Å². The van der Waals surface area contributed by atoms with E-state index in [9.17, 15) is 31.1 Å². The molecule has 1 heterocycles. The maximum absolute atomic E-state index is 12.8. The van der Waals surface area contributed by atoms with Crippen LogP contribution in [-0.4, -0.2) is 36.5 Å². The smallest absolute Gasteiger partial charge is 0.366 e.